The van der Waals surface area contributed by atoms with E-state index in [4.69, 9.17) is 0 Å². The van der Waals surface area contributed by atoms with Gasteiger partial charge in [-0.1, -0.05) is 0 Å². The Bertz CT molecular complexity index is 149. The molecule has 0 heterocycles. The predicted octanol–water partition coefficient (Wildman–Crippen LogP) is 0.455. The van der Waals surface area contributed by atoms with Crippen LogP contribution in [-0.4, -0.2) is 17.5 Å². The molecule has 0 aliphatic heterocycles. The van der Waals surface area contributed by atoms with Crippen LogP contribution in [0.5, 0.6) is 0 Å². The molecule has 0 bridgehead atoms. The molecule has 9 heavy (non-hydrogen) atoms. The first kappa shape index (κ1) is 8.59. The van der Waals surface area contributed by atoms with Crippen LogP contribution in [0, 0.1) is 0 Å². The molecule has 0 rings (SSSR count). The van der Waals surface area contributed by atoms with E-state index in [1.165, 1.54) is 7.11 Å². The van der Waals surface area contributed by atoms with E-state index in [9.17, 15) is 4.79 Å². The topological polar surface area (TPSA) is 26.3 Å². The van der Waals surface area contributed by atoms with Crippen molar-refractivity contribution in [3.63, 3.8) is 0 Å². The fraction of sp³-hybridized carbons (Fsp3) is 0.333. The van der Waals surface area contributed by atoms with Crippen molar-refractivity contribution in [1.29, 1.82) is 0 Å². The van der Waals surface area contributed by atoms with Crippen molar-refractivity contribution >= 4 is 10.4 Å². The molecular formula is C6H8CoO2. The Morgan fingerprint density at radius 3 is 2.56 bits per heavy atom. The minimum absolute atomic E-state index is 0.313. The standard InChI is InChI=1S/C6H8O2.Co/c1-3-4-5-6(7)8-2;/h3-4H,1-2H3;. The number of carbonyl (C=O) groups is 1. The molecule has 0 saturated carbocycles. The van der Waals surface area contributed by atoms with Crippen LogP contribution in [-0.2, 0) is 24.8 Å². The molecule has 53 valence electrons. The summed E-state index contributed by atoms with van der Waals surface area (Å²) in [6, 6.07) is 0. The Hall–Kier alpha value is -0.414. The van der Waals surface area contributed by atoms with Crippen molar-refractivity contribution in [3.05, 3.63) is 12.2 Å². The molecule has 0 amide bonds. The van der Waals surface area contributed by atoms with Crippen LogP contribution < -0.4 is 0 Å². The van der Waals surface area contributed by atoms with Gasteiger partial charge in [-0.3, -0.25) is 0 Å². The van der Waals surface area contributed by atoms with Gasteiger partial charge in [0.25, 0.3) is 0 Å². The first-order chi connectivity index (χ1) is 4.22. The summed E-state index contributed by atoms with van der Waals surface area (Å²) in [6.45, 7) is 1.80. The monoisotopic (exact) mass is 171 g/mol. The second-order valence-electron chi connectivity index (χ2n) is 1.32. The van der Waals surface area contributed by atoms with Crippen LogP contribution in [0.1, 0.15) is 6.92 Å². The van der Waals surface area contributed by atoms with E-state index in [1.54, 1.807) is 19.1 Å². The zero-order valence-corrected chi connectivity index (χ0v) is 6.35. The summed E-state index contributed by atoms with van der Waals surface area (Å²) in [7, 11) is 1.32. The van der Waals surface area contributed by atoms with Gasteiger partial charge in [0.1, 0.15) is 0 Å². The second kappa shape index (κ2) is 4.46. The number of hydrogen-bond donors (Lipinski definition) is 0. The van der Waals surface area contributed by atoms with Crippen LogP contribution in [0.4, 0.5) is 0 Å². The Labute approximate surface area is 62.0 Å². The van der Waals surface area contributed by atoms with E-state index in [-0.39, 0.29) is 0 Å². The van der Waals surface area contributed by atoms with Gasteiger partial charge in [-0.25, -0.2) is 0 Å². The van der Waals surface area contributed by atoms with E-state index in [1.807, 2.05) is 0 Å². The van der Waals surface area contributed by atoms with Gasteiger partial charge in [-0.15, -0.1) is 0 Å². The molecule has 0 fully saturated rings. The average Bonchev–Trinajstić information content (AvgIpc) is 1.87. The quantitative estimate of drug-likeness (QED) is 0.564. The van der Waals surface area contributed by atoms with Crippen LogP contribution >= 0.6 is 0 Å². The van der Waals surface area contributed by atoms with E-state index in [0.29, 0.717) is 4.45 Å². The fourth-order valence-electron chi connectivity index (χ4n) is 0.300. The first-order valence-electron chi connectivity index (χ1n) is 2.43. The Morgan fingerprint density at radius 2 is 2.22 bits per heavy atom. The number of methoxy groups -OCH3 is 1. The van der Waals surface area contributed by atoms with Crippen molar-refractivity contribution in [2.75, 3.05) is 7.11 Å². The van der Waals surface area contributed by atoms with Crippen molar-refractivity contribution in [1.82, 2.24) is 0 Å². The van der Waals surface area contributed by atoms with Crippen LogP contribution in [0.15, 0.2) is 12.2 Å². The molecule has 0 saturated heterocycles. The van der Waals surface area contributed by atoms with E-state index in [0.717, 1.165) is 0 Å². The third-order valence-corrected chi connectivity index (χ3v) is 1.06. The number of ether oxygens (including phenoxy) is 1. The van der Waals surface area contributed by atoms with Gasteiger partial charge >= 0.3 is 61.4 Å². The summed E-state index contributed by atoms with van der Waals surface area (Å²) in [5, 5.41) is 0. The average molecular weight is 171 g/mol. The van der Waals surface area contributed by atoms with Crippen LogP contribution in [0.25, 0.3) is 0 Å². The molecule has 0 aliphatic carbocycles. The molecule has 0 N–H and O–H groups in total. The Kier molecular flexibility index (Phi) is 4.26. The number of carbonyl (C=O) groups excluding carboxylic acids is 1. The third kappa shape index (κ3) is 3.21. The van der Waals surface area contributed by atoms with Gasteiger partial charge in [-0.05, 0) is 0 Å². The molecule has 0 spiro atoms. The Balaban J connectivity index is 3.89. The summed E-state index contributed by atoms with van der Waals surface area (Å²) >= 11 is 3.89. The van der Waals surface area contributed by atoms with Crippen molar-refractivity contribution in [2.24, 2.45) is 0 Å². The van der Waals surface area contributed by atoms with Crippen molar-refractivity contribution in [2.45, 2.75) is 6.92 Å². The molecule has 0 atom stereocenters. The van der Waals surface area contributed by atoms with Gasteiger partial charge in [0.05, 0.1) is 0 Å². The van der Waals surface area contributed by atoms with Crippen LogP contribution in [0.2, 0.25) is 0 Å². The SMILES string of the molecule is CC=C[C](=[Co])C(=O)OC. The Morgan fingerprint density at radius 1 is 1.67 bits per heavy atom. The van der Waals surface area contributed by atoms with E-state index in [2.05, 4.69) is 20.0 Å². The van der Waals surface area contributed by atoms with Gasteiger partial charge < -0.3 is 0 Å². The van der Waals surface area contributed by atoms with Gasteiger partial charge in [-0.2, -0.15) is 0 Å². The molecular weight excluding hydrogens is 163 g/mol. The van der Waals surface area contributed by atoms with Crippen molar-refractivity contribution in [3.8, 4) is 0 Å². The molecule has 0 radical (unpaired) electrons. The zero-order chi connectivity index (χ0) is 7.28. The molecule has 0 aromatic rings. The maximum absolute atomic E-state index is 10.5. The molecule has 0 unspecified atom stereocenters. The first-order valence-corrected chi connectivity index (χ1v) is 2.95. The van der Waals surface area contributed by atoms with E-state index >= 15 is 0 Å². The van der Waals surface area contributed by atoms with Gasteiger partial charge in [0.15, 0.2) is 0 Å². The molecule has 3 heteroatoms. The van der Waals surface area contributed by atoms with Gasteiger partial charge in [0, 0.05) is 0 Å². The number of hydrogen-bond acceptors (Lipinski definition) is 2. The maximum atomic E-state index is 10.5. The predicted molar refractivity (Wildman–Crippen MR) is 31.8 cm³/mol. The molecule has 2 nitrogen and oxygen atoms in total. The fourth-order valence-corrected chi connectivity index (χ4v) is 0.580. The summed E-state index contributed by atoms with van der Waals surface area (Å²) in [4.78, 5) is 10.5. The third-order valence-electron chi connectivity index (χ3n) is 0.677. The summed E-state index contributed by atoms with van der Waals surface area (Å²) in [5.74, 6) is -0.409. The summed E-state index contributed by atoms with van der Waals surface area (Å²) < 4.78 is 4.67. The molecule has 0 aromatic heterocycles. The van der Waals surface area contributed by atoms with Gasteiger partial charge in [0.2, 0.25) is 0 Å². The van der Waals surface area contributed by atoms with E-state index < -0.39 is 5.97 Å². The molecule has 0 aliphatic rings. The number of rotatable bonds is 2. The van der Waals surface area contributed by atoms with Crippen molar-refractivity contribution < 1.29 is 24.8 Å². The number of allylic oxidation sites excluding steroid dienone is 1. The summed E-state index contributed by atoms with van der Waals surface area (Å²) in [6.07, 6.45) is 3.29. The number of esters is 1. The minimum atomic E-state index is -0.409. The summed E-state index contributed by atoms with van der Waals surface area (Å²) in [5.41, 5.74) is 0. The zero-order valence-electron chi connectivity index (χ0n) is 5.30. The second-order valence-corrected chi connectivity index (χ2v) is 1.88. The normalized spacial score (nSPS) is 9.67. The van der Waals surface area contributed by atoms with Crippen LogP contribution in [0.3, 0.4) is 0 Å². The molecule has 0 aromatic carbocycles.